The fraction of sp³-hybridized carbons (Fsp3) is 0.222. The molecule has 0 saturated heterocycles. The Kier molecular flexibility index (Phi) is 6.67. The highest BCUT2D eigenvalue weighted by Gasteiger charge is 2.14. The van der Waals surface area contributed by atoms with Crippen LogP contribution in [-0.2, 0) is 14.3 Å². The summed E-state index contributed by atoms with van der Waals surface area (Å²) in [5, 5.41) is 3.18. The Morgan fingerprint density at radius 2 is 1.84 bits per heavy atom. The minimum atomic E-state index is -0.655. The van der Waals surface area contributed by atoms with Gasteiger partial charge in [-0.1, -0.05) is 41.4 Å². The van der Waals surface area contributed by atoms with Gasteiger partial charge in [0.25, 0.3) is 5.91 Å². The van der Waals surface area contributed by atoms with E-state index in [1.807, 2.05) is 19.1 Å². The summed E-state index contributed by atoms with van der Waals surface area (Å²) in [6.45, 7) is 2.95. The SMILES string of the molecule is Cc1cccc(OCC(=O)OCC(=O)Nc2c(Cl)ccc(C)c2Cl)c1. The standard InChI is InChI=1S/C18H17Cl2NO4/c1-11-4-3-5-13(8-11)24-10-16(23)25-9-15(22)21-18-14(19)7-6-12(2)17(18)20/h3-8H,9-10H2,1-2H3,(H,21,22). The number of ether oxygens (including phenoxy) is 2. The zero-order chi connectivity index (χ0) is 18.4. The van der Waals surface area contributed by atoms with Crippen LogP contribution in [0.1, 0.15) is 11.1 Å². The van der Waals surface area contributed by atoms with Gasteiger partial charge in [0.05, 0.1) is 15.7 Å². The lowest BCUT2D eigenvalue weighted by Gasteiger charge is -2.11. The number of nitrogens with one attached hydrogen (secondary N) is 1. The fourth-order valence-corrected chi connectivity index (χ4v) is 2.45. The lowest BCUT2D eigenvalue weighted by atomic mass is 10.2. The maximum atomic E-state index is 11.9. The largest absolute Gasteiger partial charge is 0.482 e. The van der Waals surface area contributed by atoms with Gasteiger partial charge in [0.15, 0.2) is 13.2 Å². The Labute approximate surface area is 155 Å². The molecule has 0 aliphatic heterocycles. The van der Waals surface area contributed by atoms with E-state index in [0.717, 1.165) is 11.1 Å². The van der Waals surface area contributed by atoms with Crippen LogP contribution >= 0.6 is 23.2 Å². The van der Waals surface area contributed by atoms with Crippen molar-refractivity contribution in [2.24, 2.45) is 0 Å². The van der Waals surface area contributed by atoms with E-state index in [1.54, 1.807) is 31.2 Å². The maximum absolute atomic E-state index is 11.9. The first-order chi connectivity index (χ1) is 11.9. The molecule has 2 rings (SSSR count). The summed E-state index contributed by atoms with van der Waals surface area (Å²) in [6.07, 6.45) is 0. The number of rotatable bonds is 6. The second-order valence-electron chi connectivity index (χ2n) is 5.37. The van der Waals surface area contributed by atoms with Crippen LogP contribution < -0.4 is 10.1 Å². The molecule has 7 heteroatoms. The van der Waals surface area contributed by atoms with Crippen LogP contribution in [0, 0.1) is 13.8 Å². The van der Waals surface area contributed by atoms with E-state index in [9.17, 15) is 9.59 Å². The Morgan fingerprint density at radius 3 is 2.56 bits per heavy atom. The number of esters is 1. The van der Waals surface area contributed by atoms with E-state index in [-0.39, 0.29) is 6.61 Å². The highest BCUT2D eigenvalue weighted by Crippen LogP contribution is 2.32. The molecule has 1 amide bonds. The molecule has 25 heavy (non-hydrogen) atoms. The van der Waals surface area contributed by atoms with Crippen molar-refractivity contribution in [1.29, 1.82) is 0 Å². The van der Waals surface area contributed by atoms with Gasteiger partial charge in [0, 0.05) is 0 Å². The predicted octanol–water partition coefficient (Wildman–Crippen LogP) is 4.17. The van der Waals surface area contributed by atoms with Crippen molar-refractivity contribution in [3.63, 3.8) is 0 Å². The van der Waals surface area contributed by atoms with Crippen LogP contribution in [0.2, 0.25) is 10.0 Å². The molecular formula is C18H17Cl2NO4. The van der Waals surface area contributed by atoms with Crippen molar-refractivity contribution in [1.82, 2.24) is 0 Å². The third-order valence-corrected chi connectivity index (χ3v) is 4.06. The molecule has 2 aromatic rings. The topological polar surface area (TPSA) is 64.6 Å². The molecule has 0 fully saturated rings. The number of hydrogen-bond acceptors (Lipinski definition) is 4. The first-order valence-electron chi connectivity index (χ1n) is 7.46. The van der Waals surface area contributed by atoms with Gasteiger partial charge in [-0.3, -0.25) is 4.79 Å². The molecule has 0 aliphatic carbocycles. The Morgan fingerprint density at radius 1 is 1.08 bits per heavy atom. The van der Waals surface area contributed by atoms with E-state index >= 15 is 0 Å². The number of anilines is 1. The van der Waals surface area contributed by atoms with E-state index in [1.165, 1.54) is 0 Å². The van der Waals surface area contributed by atoms with E-state index in [2.05, 4.69) is 5.32 Å². The lowest BCUT2D eigenvalue weighted by Crippen LogP contribution is -2.24. The zero-order valence-electron chi connectivity index (χ0n) is 13.8. The molecular weight excluding hydrogens is 365 g/mol. The molecule has 1 N–H and O–H groups in total. The molecule has 0 radical (unpaired) electrons. The van der Waals surface area contributed by atoms with Gasteiger partial charge in [-0.25, -0.2) is 4.79 Å². The van der Waals surface area contributed by atoms with Gasteiger partial charge in [-0.2, -0.15) is 0 Å². The Hall–Kier alpha value is -2.24. The molecule has 0 bridgehead atoms. The number of amides is 1. The van der Waals surface area contributed by atoms with Crippen molar-refractivity contribution in [3.05, 3.63) is 57.6 Å². The van der Waals surface area contributed by atoms with Crippen molar-refractivity contribution in [3.8, 4) is 5.75 Å². The average Bonchev–Trinajstić information content (AvgIpc) is 2.58. The average molecular weight is 382 g/mol. The first kappa shape index (κ1) is 19.1. The van der Waals surface area contributed by atoms with E-state index in [0.29, 0.717) is 21.5 Å². The van der Waals surface area contributed by atoms with Crippen molar-refractivity contribution in [2.75, 3.05) is 18.5 Å². The summed E-state index contributed by atoms with van der Waals surface area (Å²) in [4.78, 5) is 23.6. The smallest absolute Gasteiger partial charge is 0.344 e. The molecule has 5 nitrogen and oxygen atoms in total. The number of carbonyl (C=O) groups is 2. The summed E-state index contributed by atoms with van der Waals surface area (Å²) in [6, 6.07) is 10.6. The second kappa shape index (κ2) is 8.74. The molecule has 0 aliphatic rings. The van der Waals surface area contributed by atoms with Crippen molar-refractivity contribution < 1.29 is 19.1 Å². The predicted molar refractivity (Wildman–Crippen MR) is 97.5 cm³/mol. The number of halogens is 2. The van der Waals surface area contributed by atoms with Crippen LogP contribution in [0.25, 0.3) is 0 Å². The molecule has 0 saturated carbocycles. The van der Waals surface area contributed by atoms with Gasteiger partial charge in [-0.15, -0.1) is 0 Å². The maximum Gasteiger partial charge on any atom is 0.344 e. The van der Waals surface area contributed by atoms with Crippen LogP contribution in [0.15, 0.2) is 36.4 Å². The molecule has 132 valence electrons. The minimum Gasteiger partial charge on any atom is -0.482 e. The zero-order valence-corrected chi connectivity index (χ0v) is 15.3. The summed E-state index contributed by atoms with van der Waals surface area (Å²) in [5.41, 5.74) is 2.07. The van der Waals surface area contributed by atoms with E-state index in [4.69, 9.17) is 32.7 Å². The molecule has 2 aromatic carbocycles. The van der Waals surface area contributed by atoms with Gasteiger partial charge >= 0.3 is 5.97 Å². The third-order valence-electron chi connectivity index (χ3n) is 3.26. The highest BCUT2D eigenvalue weighted by molar-refractivity contribution is 6.40. The summed E-state index contributed by atoms with van der Waals surface area (Å²) < 4.78 is 10.2. The normalized spacial score (nSPS) is 10.2. The van der Waals surface area contributed by atoms with Gasteiger partial charge in [0.1, 0.15) is 5.75 Å². The minimum absolute atomic E-state index is 0.289. The van der Waals surface area contributed by atoms with Gasteiger partial charge in [0.2, 0.25) is 0 Å². The number of benzene rings is 2. The molecule has 0 unspecified atom stereocenters. The Balaban J connectivity index is 1.82. The Bertz CT molecular complexity index is 793. The molecule has 0 aromatic heterocycles. The fourth-order valence-electron chi connectivity index (χ4n) is 1.98. The van der Waals surface area contributed by atoms with Crippen LogP contribution in [0.3, 0.4) is 0 Å². The van der Waals surface area contributed by atoms with Crippen LogP contribution in [0.4, 0.5) is 5.69 Å². The molecule has 0 atom stereocenters. The number of hydrogen-bond donors (Lipinski definition) is 1. The van der Waals surface area contributed by atoms with Crippen molar-refractivity contribution >= 4 is 40.8 Å². The van der Waals surface area contributed by atoms with E-state index < -0.39 is 18.5 Å². The van der Waals surface area contributed by atoms with Gasteiger partial charge in [-0.05, 0) is 43.2 Å². The monoisotopic (exact) mass is 381 g/mol. The van der Waals surface area contributed by atoms with Gasteiger partial charge < -0.3 is 14.8 Å². The third kappa shape index (κ3) is 5.66. The summed E-state index contributed by atoms with van der Waals surface area (Å²) >= 11 is 12.1. The molecule has 0 heterocycles. The number of aryl methyl sites for hydroxylation is 2. The first-order valence-corrected chi connectivity index (χ1v) is 8.22. The van der Waals surface area contributed by atoms with Crippen LogP contribution in [0.5, 0.6) is 5.75 Å². The van der Waals surface area contributed by atoms with Crippen LogP contribution in [-0.4, -0.2) is 25.1 Å². The summed E-state index contributed by atoms with van der Waals surface area (Å²) in [7, 11) is 0. The quantitative estimate of drug-likeness (QED) is 0.762. The lowest BCUT2D eigenvalue weighted by molar-refractivity contribution is -0.149. The molecule has 0 spiro atoms. The highest BCUT2D eigenvalue weighted by atomic mass is 35.5. The number of carbonyl (C=O) groups excluding carboxylic acids is 2. The second-order valence-corrected chi connectivity index (χ2v) is 6.15. The van der Waals surface area contributed by atoms with Crippen molar-refractivity contribution in [2.45, 2.75) is 13.8 Å². The summed E-state index contributed by atoms with van der Waals surface area (Å²) in [5.74, 6) is -0.642.